The first kappa shape index (κ1) is 14.5. The number of aromatic nitrogens is 2. The molecule has 0 fully saturated rings. The second kappa shape index (κ2) is 5.85. The summed E-state index contributed by atoms with van der Waals surface area (Å²) in [6.45, 7) is 0.143. The third-order valence-electron chi connectivity index (χ3n) is 2.34. The van der Waals surface area contributed by atoms with Gasteiger partial charge in [-0.3, -0.25) is 9.69 Å². The van der Waals surface area contributed by atoms with E-state index in [2.05, 4.69) is 4.98 Å². The molecule has 0 spiro atoms. The molecule has 0 aromatic carbocycles. The Morgan fingerprint density at radius 1 is 1.56 bits per heavy atom. The molecule has 0 aliphatic carbocycles. The number of aliphatic carboxylic acids is 1. The van der Waals surface area contributed by atoms with Crippen LogP contribution in [0.3, 0.4) is 0 Å². The fourth-order valence-electron chi connectivity index (χ4n) is 1.55. The third-order valence-corrected chi connectivity index (χ3v) is 2.34. The number of alkyl halides is 3. The SMILES string of the molecule is Cc1nccn1CCN(CC(=O)O)CC(F)(F)F. The molecule has 5 nitrogen and oxygen atoms in total. The molecule has 0 amide bonds. The first-order valence-corrected chi connectivity index (χ1v) is 5.26. The molecular formula is C10H14F3N3O2. The first-order chi connectivity index (χ1) is 8.28. The van der Waals surface area contributed by atoms with Gasteiger partial charge in [0, 0.05) is 25.5 Å². The minimum Gasteiger partial charge on any atom is -0.480 e. The molecule has 0 aliphatic heterocycles. The molecule has 0 bridgehead atoms. The van der Waals surface area contributed by atoms with Gasteiger partial charge in [0.05, 0.1) is 13.1 Å². The van der Waals surface area contributed by atoms with E-state index in [-0.39, 0.29) is 13.1 Å². The van der Waals surface area contributed by atoms with E-state index >= 15 is 0 Å². The highest BCUT2D eigenvalue weighted by atomic mass is 19.4. The van der Waals surface area contributed by atoms with Gasteiger partial charge >= 0.3 is 12.1 Å². The number of halogens is 3. The summed E-state index contributed by atoms with van der Waals surface area (Å²) in [4.78, 5) is 15.3. The number of rotatable bonds is 6. The van der Waals surface area contributed by atoms with E-state index < -0.39 is 25.2 Å². The molecule has 0 radical (unpaired) electrons. The van der Waals surface area contributed by atoms with Gasteiger partial charge in [-0.15, -0.1) is 0 Å². The molecule has 0 saturated heterocycles. The highest BCUT2D eigenvalue weighted by Gasteiger charge is 2.31. The van der Waals surface area contributed by atoms with Gasteiger partial charge in [-0.25, -0.2) is 4.98 Å². The molecule has 102 valence electrons. The summed E-state index contributed by atoms with van der Waals surface area (Å²) in [5.41, 5.74) is 0. The standard InChI is InChI=1S/C10H14F3N3O2/c1-8-14-2-3-16(8)5-4-15(6-9(17)18)7-10(11,12)13/h2-3H,4-7H2,1H3,(H,17,18). The van der Waals surface area contributed by atoms with Gasteiger partial charge in [-0.05, 0) is 6.92 Å². The maximum atomic E-state index is 12.2. The predicted octanol–water partition coefficient (Wildman–Crippen LogP) is 1.14. The second-order valence-electron chi connectivity index (χ2n) is 3.89. The lowest BCUT2D eigenvalue weighted by Gasteiger charge is -2.22. The lowest BCUT2D eigenvalue weighted by Crippen LogP contribution is -2.39. The summed E-state index contributed by atoms with van der Waals surface area (Å²) in [5.74, 6) is -0.598. The van der Waals surface area contributed by atoms with Crippen molar-refractivity contribution in [3.8, 4) is 0 Å². The smallest absolute Gasteiger partial charge is 0.401 e. The number of hydrogen-bond acceptors (Lipinski definition) is 3. The summed E-state index contributed by atoms with van der Waals surface area (Å²) in [5, 5.41) is 8.56. The molecule has 8 heteroatoms. The number of carbonyl (C=O) groups is 1. The maximum absolute atomic E-state index is 12.2. The van der Waals surface area contributed by atoms with E-state index in [1.165, 1.54) is 0 Å². The zero-order valence-electron chi connectivity index (χ0n) is 9.81. The average Bonchev–Trinajstić information content (AvgIpc) is 2.57. The molecule has 1 aromatic heterocycles. The fraction of sp³-hybridized carbons (Fsp3) is 0.600. The van der Waals surface area contributed by atoms with Gasteiger partial charge in [-0.1, -0.05) is 0 Å². The van der Waals surface area contributed by atoms with Crippen LogP contribution in [0.4, 0.5) is 13.2 Å². The van der Waals surface area contributed by atoms with E-state index in [1.807, 2.05) is 0 Å². The normalized spacial score (nSPS) is 12.1. The van der Waals surface area contributed by atoms with Crippen molar-refractivity contribution < 1.29 is 23.1 Å². The molecule has 1 N–H and O–H groups in total. The highest BCUT2D eigenvalue weighted by molar-refractivity contribution is 5.69. The molecule has 1 rings (SSSR count). The van der Waals surface area contributed by atoms with Crippen LogP contribution in [-0.4, -0.2) is 51.3 Å². The van der Waals surface area contributed by atoms with Crippen LogP contribution in [0.15, 0.2) is 12.4 Å². The number of carboxylic acids is 1. The zero-order valence-corrected chi connectivity index (χ0v) is 9.81. The lowest BCUT2D eigenvalue weighted by atomic mass is 10.4. The Balaban J connectivity index is 2.56. The summed E-state index contributed by atoms with van der Waals surface area (Å²) in [6, 6.07) is 0. The van der Waals surface area contributed by atoms with Gasteiger partial charge in [-0.2, -0.15) is 13.2 Å². The van der Waals surface area contributed by atoms with E-state index in [0.717, 1.165) is 4.90 Å². The molecule has 18 heavy (non-hydrogen) atoms. The van der Waals surface area contributed by atoms with Crippen LogP contribution in [0.5, 0.6) is 0 Å². The first-order valence-electron chi connectivity index (χ1n) is 5.26. The van der Waals surface area contributed by atoms with Crippen LogP contribution in [0.25, 0.3) is 0 Å². The molecule has 1 aromatic rings. The van der Waals surface area contributed by atoms with Crippen molar-refractivity contribution in [3.63, 3.8) is 0 Å². The Hall–Kier alpha value is -1.57. The van der Waals surface area contributed by atoms with Crippen LogP contribution in [0.2, 0.25) is 0 Å². The molecular weight excluding hydrogens is 251 g/mol. The van der Waals surface area contributed by atoms with E-state index in [0.29, 0.717) is 5.82 Å². The van der Waals surface area contributed by atoms with E-state index in [9.17, 15) is 18.0 Å². The average molecular weight is 265 g/mol. The van der Waals surface area contributed by atoms with Crippen molar-refractivity contribution in [2.75, 3.05) is 19.6 Å². The fourth-order valence-corrected chi connectivity index (χ4v) is 1.55. The Morgan fingerprint density at radius 2 is 2.22 bits per heavy atom. The van der Waals surface area contributed by atoms with Crippen molar-refractivity contribution in [1.82, 2.24) is 14.5 Å². The molecule has 0 unspecified atom stereocenters. The van der Waals surface area contributed by atoms with Crippen molar-refractivity contribution in [1.29, 1.82) is 0 Å². The van der Waals surface area contributed by atoms with Crippen molar-refractivity contribution in [2.45, 2.75) is 19.6 Å². The van der Waals surface area contributed by atoms with Crippen LogP contribution in [0, 0.1) is 6.92 Å². The van der Waals surface area contributed by atoms with Gasteiger partial charge in [0.1, 0.15) is 5.82 Å². The lowest BCUT2D eigenvalue weighted by molar-refractivity contribution is -0.154. The zero-order chi connectivity index (χ0) is 13.8. The third kappa shape index (κ3) is 5.17. The van der Waals surface area contributed by atoms with Gasteiger partial charge < -0.3 is 9.67 Å². The molecule has 0 atom stereocenters. The van der Waals surface area contributed by atoms with Crippen molar-refractivity contribution >= 4 is 5.97 Å². The van der Waals surface area contributed by atoms with Gasteiger partial charge in [0.15, 0.2) is 0 Å². The number of hydrogen-bond donors (Lipinski definition) is 1. The highest BCUT2D eigenvalue weighted by Crippen LogP contribution is 2.16. The van der Waals surface area contributed by atoms with Gasteiger partial charge in [0.25, 0.3) is 0 Å². The summed E-state index contributed by atoms with van der Waals surface area (Å²) in [7, 11) is 0. The summed E-state index contributed by atoms with van der Waals surface area (Å²) in [6.07, 6.45) is -1.22. The monoisotopic (exact) mass is 265 g/mol. The summed E-state index contributed by atoms with van der Waals surface area (Å²) < 4.78 is 38.4. The number of aryl methyl sites for hydroxylation is 1. The Labute approximate surface area is 102 Å². The van der Waals surface area contributed by atoms with Crippen LogP contribution >= 0.6 is 0 Å². The van der Waals surface area contributed by atoms with Crippen molar-refractivity contribution in [3.05, 3.63) is 18.2 Å². The Morgan fingerprint density at radius 3 is 2.67 bits per heavy atom. The number of nitrogens with zero attached hydrogens (tertiary/aromatic N) is 3. The largest absolute Gasteiger partial charge is 0.480 e. The van der Waals surface area contributed by atoms with Crippen LogP contribution in [0.1, 0.15) is 5.82 Å². The molecule has 0 saturated carbocycles. The van der Waals surface area contributed by atoms with Crippen LogP contribution < -0.4 is 0 Å². The minimum absolute atomic E-state index is 0.00299. The Bertz CT molecular complexity index is 403. The quantitative estimate of drug-likeness (QED) is 0.838. The second-order valence-corrected chi connectivity index (χ2v) is 3.89. The predicted molar refractivity (Wildman–Crippen MR) is 57.1 cm³/mol. The topological polar surface area (TPSA) is 58.4 Å². The summed E-state index contributed by atoms with van der Waals surface area (Å²) >= 11 is 0. The van der Waals surface area contributed by atoms with E-state index in [1.54, 1.807) is 23.9 Å². The van der Waals surface area contributed by atoms with Crippen LogP contribution in [-0.2, 0) is 11.3 Å². The maximum Gasteiger partial charge on any atom is 0.401 e. The Kier molecular flexibility index (Phi) is 4.71. The number of carboxylic acid groups (broad SMARTS) is 1. The minimum atomic E-state index is -4.40. The van der Waals surface area contributed by atoms with E-state index in [4.69, 9.17) is 5.11 Å². The number of imidazole rings is 1. The molecule has 1 heterocycles. The van der Waals surface area contributed by atoms with Gasteiger partial charge in [0.2, 0.25) is 0 Å². The molecule has 0 aliphatic rings. The van der Waals surface area contributed by atoms with Crippen molar-refractivity contribution in [2.24, 2.45) is 0 Å².